The van der Waals surface area contributed by atoms with E-state index in [1.54, 1.807) is 0 Å². The molecule has 0 atom stereocenters. The highest BCUT2D eigenvalue weighted by atomic mass is 35.5. The van der Waals surface area contributed by atoms with Crippen molar-refractivity contribution >= 4 is 23.1 Å². The first kappa shape index (κ1) is 14.1. The number of rotatable bonds is 2. The Kier molecular flexibility index (Phi) is 3.14. The highest BCUT2D eigenvalue weighted by Crippen LogP contribution is 2.29. The molecule has 0 saturated carbocycles. The molecule has 0 aliphatic carbocycles. The van der Waals surface area contributed by atoms with Gasteiger partial charge >= 0.3 is 0 Å². The Morgan fingerprint density at radius 3 is 2.68 bits per heavy atom. The molecule has 0 bridgehead atoms. The molecule has 0 aliphatic rings. The summed E-state index contributed by atoms with van der Waals surface area (Å²) in [5, 5.41) is 10.5. The third-order valence-corrected chi connectivity index (χ3v) is 3.27. The molecule has 0 N–H and O–H groups in total. The van der Waals surface area contributed by atoms with Crippen LogP contribution in [0.25, 0.3) is 11.5 Å². The highest BCUT2D eigenvalue weighted by Gasteiger charge is 2.21. The van der Waals surface area contributed by atoms with Gasteiger partial charge in [-0.15, -0.1) is 0 Å². The van der Waals surface area contributed by atoms with Crippen LogP contribution in [0.4, 0.5) is 14.5 Å². The van der Waals surface area contributed by atoms with Gasteiger partial charge in [0, 0.05) is 24.5 Å². The molecular weight excluding hydrogens is 322 g/mol. The second-order valence-electron chi connectivity index (χ2n) is 4.25. The lowest BCUT2D eigenvalue weighted by molar-refractivity contribution is -0.384. The summed E-state index contributed by atoms with van der Waals surface area (Å²) < 4.78 is 29.4. The van der Waals surface area contributed by atoms with Crippen LogP contribution in [0.2, 0.25) is 5.02 Å². The molecule has 7 nitrogen and oxygen atoms in total. The smallest absolute Gasteiger partial charge is 0.269 e. The quantitative estimate of drug-likeness (QED) is 0.411. The van der Waals surface area contributed by atoms with Crippen LogP contribution in [0, 0.1) is 21.9 Å². The van der Waals surface area contributed by atoms with Gasteiger partial charge in [-0.2, -0.15) is 4.39 Å². The Morgan fingerprint density at radius 2 is 2.00 bits per heavy atom. The average Bonchev–Trinajstić information content (AvgIpc) is 2.90. The summed E-state index contributed by atoms with van der Waals surface area (Å²) in [6.07, 6.45) is 2.43. The summed E-state index contributed by atoms with van der Waals surface area (Å²) in [6, 6.07) is 2.13. The number of hydrogen-bond donors (Lipinski definition) is 0. The van der Waals surface area contributed by atoms with Crippen molar-refractivity contribution < 1.29 is 13.7 Å². The Balaban J connectivity index is 2.42. The van der Waals surface area contributed by atoms with Crippen molar-refractivity contribution in [2.24, 2.45) is 0 Å². The first-order chi connectivity index (χ1) is 10.4. The van der Waals surface area contributed by atoms with Gasteiger partial charge in [-0.25, -0.2) is 13.9 Å². The van der Waals surface area contributed by atoms with E-state index in [1.165, 1.54) is 12.4 Å². The van der Waals surface area contributed by atoms with Crippen molar-refractivity contribution in [3.63, 3.8) is 0 Å². The van der Waals surface area contributed by atoms with E-state index < -0.39 is 38.6 Å². The molecule has 0 amide bonds. The van der Waals surface area contributed by atoms with Crippen molar-refractivity contribution in [2.75, 3.05) is 0 Å². The maximum atomic E-state index is 14.1. The van der Waals surface area contributed by atoms with E-state index in [4.69, 9.17) is 11.6 Å². The molecule has 0 spiro atoms. The lowest BCUT2D eigenvalue weighted by atomic mass is 10.2. The zero-order valence-electron chi connectivity index (χ0n) is 10.5. The molecule has 0 unspecified atom stereocenters. The number of aromatic nitrogens is 3. The third kappa shape index (κ3) is 2.02. The van der Waals surface area contributed by atoms with Gasteiger partial charge < -0.3 is 0 Å². The fourth-order valence-corrected chi connectivity index (χ4v) is 2.25. The van der Waals surface area contributed by atoms with Gasteiger partial charge in [0.2, 0.25) is 11.7 Å². The largest absolute Gasteiger partial charge is 0.290 e. The standard InChI is InChI=1S/C12H5ClF2N4O3/c13-6-3-7(14)9(4-8(6)19(21)22)18-11(20)5-10(15)17-2-1-16-12(17)18/h1-5H. The Bertz CT molecular complexity index is 982. The topological polar surface area (TPSA) is 82.4 Å². The second-order valence-corrected chi connectivity index (χ2v) is 4.66. The van der Waals surface area contributed by atoms with Gasteiger partial charge in [0.1, 0.15) is 10.8 Å². The fourth-order valence-electron chi connectivity index (χ4n) is 2.03. The molecule has 0 radical (unpaired) electrons. The van der Waals surface area contributed by atoms with Crippen LogP contribution in [0.1, 0.15) is 0 Å². The monoisotopic (exact) mass is 326 g/mol. The summed E-state index contributed by atoms with van der Waals surface area (Å²) in [5.74, 6) is -2.09. The first-order valence-corrected chi connectivity index (χ1v) is 6.16. The zero-order chi connectivity index (χ0) is 16.0. The molecule has 1 aromatic carbocycles. The summed E-state index contributed by atoms with van der Waals surface area (Å²) in [7, 11) is 0. The summed E-state index contributed by atoms with van der Waals surface area (Å²) in [5.41, 5.74) is -1.96. The van der Waals surface area contributed by atoms with Crippen LogP contribution in [0.15, 0.2) is 35.4 Å². The Morgan fingerprint density at radius 1 is 1.27 bits per heavy atom. The maximum Gasteiger partial charge on any atom is 0.290 e. The van der Waals surface area contributed by atoms with Crippen LogP contribution in [0.5, 0.6) is 0 Å². The number of halogens is 3. The van der Waals surface area contributed by atoms with Gasteiger partial charge in [0.15, 0.2) is 0 Å². The Labute approximate surface area is 125 Å². The van der Waals surface area contributed by atoms with Crippen LogP contribution < -0.4 is 5.56 Å². The van der Waals surface area contributed by atoms with Crippen LogP contribution >= 0.6 is 11.6 Å². The van der Waals surface area contributed by atoms with Crippen LogP contribution in [0.3, 0.4) is 0 Å². The average molecular weight is 327 g/mol. The van der Waals surface area contributed by atoms with Gasteiger partial charge in [0.25, 0.3) is 11.2 Å². The molecule has 22 heavy (non-hydrogen) atoms. The maximum absolute atomic E-state index is 14.1. The minimum absolute atomic E-state index is 0.222. The lowest BCUT2D eigenvalue weighted by Crippen LogP contribution is -2.22. The number of benzene rings is 1. The molecule has 10 heteroatoms. The number of fused-ring (bicyclic) bond motifs is 1. The Hall–Kier alpha value is -2.81. The number of hydrogen-bond acceptors (Lipinski definition) is 4. The van der Waals surface area contributed by atoms with E-state index in [2.05, 4.69) is 4.98 Å². The lowest BCUT2D eigenvalue weighted by Gasteiger charge is -2.09. The van der Waals surface area contributed by atoms with Crippen molar-refractivity contribution in [1.82, 2.24) is 14.0 Å². The first-order valence-electron chi connectivity index (χ1n) is 5.78. The molecule has 0 saturated heterocycles. The number of nitro benzene ring substituents is 1. The zero-order valence-corrected chi connectivity index (χ0v) is 11.3. The summed E-state index contributed by atoms with van der Waals surface area (Å²) in [6.45, 7) is 0. The van der Waals surface area contributed by atoms with Crippen LogP contribution in [-0.2, 0) is 0 Å². The minimum Gasteiger partial charge on any atom is -0.269 e. The molecule has 0 aliphatic heterocycles. The van der Waals surface area contributed by atoms with E-state index in [-0.39, 0.29) is 5.78 Å². The molecule has 112 valence electrons. The van der Waals surface area contributed by atoms with E-state index in [0.717, 1.165) is 15.0 Å². The minimum atomic E-state index is -0.978. The second kappa shape index (κ2) is 4.88. The van der Waals surface area contributed by atoms with Crippen LogP contribution in [-0.4, -0.2) is 18.9 Å². The molecule has 3 rings (SSSR count). The predicted molar refractivity (Wildman–Crippen MR) is 72.4 cm³/mol. The van der Waals surface area contributed by atoms with E-state index in [1.807, 2.05) is 0 Å². The highest BCUT2D eigenvalue weighted by molar-refractivity contribution is 6.32. The van der Waals surface area contributed by atoms with Crippen molar-refractivity contribution in [3.05, 3.63) is 67.8 Å². The van der Waals surface area contributed by atoms with Crippen molar-refractivity contribution in [1.29, 1.82) is 0 Å². The van der Waals surface area contributed by atoms with Crippen molar-refractivity contribution in [3.8, 4) is 5.69 Å². The third-order valence-electron chi connectivity index (χ3n) is 2.97. The van der Waals surface area contributed by atoms with Gasteiger partial charge in [0.05, 0.1) is 16.7 Å². The van der Waals surface area contributed by atoms with E-state index in [9.17, 15) is 23.7 Å². The predicted octanol–water partition coefficient (Wildman–Crippen LogP) is 2.33. The van der Waals surface area contributed by atoms with Gasteiger partial charge in [-0.05, 0) is 0 Å². The summed E-state index contributed by atoms with van der Waals surface area (Å²) >= 11 is 5.60. The molecular formula is C12H5ClF2N4O3. The normalized spacial score (nSPS) is 11.0. The SMILES string of the molecule is O=c1cc(F)n2ccnc2n1-c1cc([N+](=O)[O-])c(Cl)cc1F. The molecule has 2 aromatic heterocycles. The molecule has 3 aromatic rings. The molecule has 2 heterocycles. The van der Waals surface area contributed by atoms with E-state index in [0.29, 0.717) is 12.1 Å². The van der Waals surface area contributed by atoms with Crippen molar-refractivity contribution in [2.45, 2.75) is 0 Å². The molecule has 0 fully saturated rings. The fraction of sp³-hybridized carbons (Fsp3) is 0. The number of nitrogens with zero attached hydrogens (tertiary/aromatic N) is 4. The number of nitro groups is 1. The van der Waals surface area contributed by atoms with Gasteiger partial charge in [-0.3, -0.25) is 19.3 Å². The van der Waals surface area contributed by atoms with E-state index >= 15 is 0 Å². The summed E-state index contributed by atoms with van der Waals surface area (Å²) in [4.78, 5) is 25.8. The van der Waals surface area contributed by atoms with Gasteiger partial charge in [-0.1, -0.05) is 11.6 Å². The number of imidazole rings is 1.